The van der Waals surface area contributed by atoms with E-state index in [-0.39, 0.29) is 46.6 Å². The standard InChI is InChI=1S/C22H22Cl2F2N4O4S/c1-2-28-11-20-29(35(33,34)19-6-4-13(23)9-14(19)24)10-17(27)21(31)30(20)18(22(28)32)8-12-3-5-15(25)16(26)7-12/h3-7,9,17-18,20H,2,8,10-11,27H2,1H3. The van der Waals surface area contributed by atoms with E-state index in [2.05, 4.69) is 0 Å². The molecule has 2 amide bonds. The van der Waals surface area contributed by atoms with Crippen LogP contribution in [0.25, 0.3) is 0 Å². The lowest BCUT2D eigenvalue weighted by Gasteiger charge is -2.52. The summed E-state index contributed by atoms with van der Waals surface area (Å²) in [6, 6.07) is 4.68. The molecule has 0 spiro atoms. The Labute approximate surface area is 211 Å². The van der Waals surface area contributed by atoms with Gasteiger partial charge in [-0.25, -0.2) is 17.2 Å². The summed E-state index contributed by atoms with van der Waals surface area (Å²) in [6.07, 6.45) is -1.23. The van der Waals surface area contributed by atoms with Gasteiger partial charge in [0.1, 0.15) is 17.1 Å². The van der Waals surface area contributed by atoms with Crippen LogP contribution in [0.3, 0.4) is 0 Å². The number of carbonyl (C=O) groups excluding carboxylic acids is 2. The van der Waals surface area contributed by atoms with E-state index in [1.807, 2.05) is 0 Å². The van der Waals surface area contributed by atoms with Crippen LogP contribution in [0.5, 0.6) is 0 Å². The van der Waals surface area contributed by atoms with Gasteiger partial charge in [-0.05, 0) is 42.8 Å². The number of nitrogens with zero attached hydrogens (tertiary/aromatic N) is 3. The minimum absolute atomic E-state index is 0.0908. The molecule has 2 aromatic rings. The van der Waals surface area contributed by atoms with Crippen molar-refractivity contribution >= 4 is 45.0 Å². The molecule has 188 valence electrons. The molecule has 0 bridgehead atoms. The number of rotatable bonds is 5. The first-order chi connectivity index (χ1) is 16.4. The van der Waals surface area contributed by atoms with Crippen LogP contribution in [-0.2, 0) is 26.0 Å². The van der Waals surface area contributed by atoms with Crippen molar-refractivity contribution in [2.75, 3.05) is 19.6 Å². The van der Waals surface area contributed by atoms with E-state index >= 15 is 0 Å². The SMILES string of the molecule is CCN1CC2N(C(=O)C(N)CN2S(=O)(=O)c2ccc(Cl)cc2Cl)C(Cc2ccc(F)c(F)c2)C1=O. The van der Waals surface area contributed by atoms with E-state index < -0.39 is 51.7 Å². The van der Waals surface area contributed by atoms with Crippen molar-refractivity contribution in [2.45, 2.75) is 36.5 Å². The van der Waals surface area contributed by atoms with E-state index in [1.54, 1.807) is 6.92 Å². The first-order valence-electron chi connectivity index (χ1n) is 10.7. The molecular formula is C22H22Cl2F2N4O4S. The number of hydrogen-bond acceptors (Lipinski definition) is 5. The predicted octanol–water partition coefficient (Wildman–Crippen LogP) is 2.23. The van der Waals surface area contributed by atoms with E-state index in [0.29, 0.717) is 0 Å². The Balaban J connectivity index is 1.78. The zero-order valence-electron chi connectivity index (χ0n) is 18.5. The molecule has 2 N–H and O–H groups in total. The third-order valence-electron chi connectivity index (χ3n) is 6.19. The second-order valence-electron chi connectivity index (χ2n) is 8.33. The molecule has 8 nitrogen and oxygen atoms in total. The molecule has 2 aromatic carbocycles. The number of fused-ring (bicyclic) bond motifs is 1. The highest BCUT2D eigenvalue weighted by molar-refractivity contribution is 7.89. The summed E-state index contributed by atoms with van der Waals surface area (Å²) in [5.41, 5.74) is 6.30. The zero-order chi connectivity index (χ0) is 25.7. The molecule has 0 saturated carbocycles. The zero-order valence-corrected chi connectivity index (χ0v) is 20.8. The molecule has 35 heavy (non-hydrogen) atoms. The molecule has 0 aromatic heterocycles. The number of piperazine rings is 1. The number of halogens is 4. The van der Waals surface area contributed by atoms with Gasteiger partial charge in [-0.2, -0.15) is 4.31 Å². The van der Waals surface area contributed by atoms with Gasteiger partial charge in [-0.15, -0.1) is 0 Å². The average molecular weight is 547 g/mol. The summed E-state index contributed by atoms with van der Waals surface area (Å²) in [5.74, 6) is -3.21. The molecular weight excluding hydrogens is 525 g/mol. The van der Waals surface area contributed by atoms with Crippen LogP contribution >= 0.6 is 23.2 Å². The number of amides is 2. The van der Waals surface area contributed by atoms with E-state index in [4.69, 9.17) is 28.9 Å². The topological polar surface area (TPSA) is 104 Å². The summed E-state index contributed by atoms with van der Waals surface area (Å²) < 4.78 is 55.6. The van der Waals surface area contributed by atoms with Crippen molar-refractivity contribution in [1.82, 2.24) is 14.1 Å². The summed E-state index contributed by atoms with van der Waals surface area (Å²) >= 11 is 12.1. The largest absolute Gasteiger partial charge is 0.338 e. The molecule has 2 saturated heterocycles. The Hall–Kier alpha value is -2.31. The lowest BCUT2D eigenvalue weighted by molar-refractivity contribution is -0.166. The smallest absolute Gasteiger partial charge is 0.246 e. The van der Waals surface area contributed by atoms with Crippen molar-refractivity contribution in [2.24, 2.45) is 5.73 Å². The van der Waals surface area contributed by atoms with Crippen molar-refractivity contribution in [3.8, 4) is 0 Å². The van der Waals surface area contributed by atoms with Gasteiger partial charge in [-0.3, -0.25) is 9.59 Å². The van der Waals surface area contributed by atoms with Gasteiger partial charge in [0.25, 0.3) is 0 Å². The third-order valence-corrected chi connectivity index (χ3v) is 8.77. The van der Waals surface area contributed by atoms with Crippen LogP contribution in [0.4, 0.5) is 8.78 Å². The fraction of sp³-hybridized carbons (Fsp3) is 0.364. The maximum Gasteiger partial charge on any atom is 0.246 e. The van der Waals surface area contributed by atoms with Crippen molar-refractivity contribution in [3.63, 3.8) is 0 Å². The Morgan fingerprint density at radius 2 is 1.74 bits per heavy atom. The van der Waals surface area contributed by atoms with Crippen LogP contribution in [0.15, 0.2) is 41.3 Å². The fourth-order valence-electron chi connectivity index (χ4n) is 4.46. The number of carbonyl (C=O) groups is 2. The van der Waals surface area contributed by atoms with Gasteiger partial charge in [0, 0.05) is 24.5 Å². The Morgan fingerprint density at radius 3 is 2.37 bits per heavy atom. The van der Waals surface area contributed by atoms with Crippen LogP contribution in [0.2, 0.25) is 10.0 Å². The molecule has 2 fully saturated rings. The molecule has 13 heteroatoms. The van der Waals surface area contributed by atoms with Gasteiger partial charge in [0.15, 0.2) is 11.6 Å². The number of hydrogen-bond donors (Lipinski definition) is 1. The number of nitrogens with two attached hydrogens (primary N) is 1. The first kappa shape index (κ1) is 25.8. The lowest BCUT2D eigenvalue weighted by atomic mass is 9.97. The molecule has 3 unspecified atom stereocenters. The summed E-state index contributed by atoms with van der Waals surface area (Å²) in [4.78, 5) is 28.8. The van der Waals surface area contributed by atoms with Gasteiger partial charge in [0.2, 0.25) is 21.8 Å². The lowest BCUT2D eigenvalue weighted by Crippen LogP contribution is -2.75. The quantitative estimate of drug-likeness (QED) is 0.619. The highest BCUT2D eigenvalue weighted by Gasteiger charge is 2.52. The molecule has 0 aliphatic carbocycles. The molecule has 4 rings (SSSR count). The third kappa shape index (κ3) is 4.63. The molecule has 2 aliphatic heterocycles. The molecule has 2 heterocycles. The van der Waals surface area contributed by atoms with E-state index in [9.17, 15) is 26.8 Å². The minimum atomic E-state index is -4.27. The molecule has 0 radical (unpaired) electrons. The second-order valence-corrected chi connectivity index (χ2v) is 11.0. The van der Waals surface area contributed by atoms with Gasteiger partial charge in [-0.1, -0.05) is 29.3 Å². The van der Waals surface area contributed by atoms with Crippen LogP contribution in [0, 0.1) is 11.6 Å². The maximum atomic E-state index is 13.8. The average Bonchev–Trinajstić information content (AvgIpc) is 2.79. The van der Waals surface area contributed by atoms with Crippen LogP contribution < -0.4 is 5.73 Å². The normalized spacial score (nSPS) is 23.5. The van der Waals surface area contributed by atoms with Gasteiger partial charge < -0.3 is 15.5 Å². The summed E-state index contributed by atoms with van der Waals surface area (Å²) in [5, 5.41) is 0.139. The fourth-order valence-corrected chi connectivity index (χ4v) is 6.80. The molecule has 3 atom stereocenters. The first-order valence-corrected chi connectivity index (χ1v) is 12.9. The summed E-state index contributed by atoms with van der Waals surface area (Å²) in [7, 11) is -4.27. The maximum absolute atomic E-state index is 13.8. The summed E-state index contributed by atoms with van der Waals surface area (Å²) in [6.45, 7) is 1.54. The second kappa shape index (κ2) is 9.62. The van der Waals surface area contributed by atoms with Crippen molar-refractivity contribution in [1.29, 1.82) is 0 Å². The van der Waals surface area contributed by atoms with Crippen molar-refractivity contribution in [3.05, 3.63) is 63.6 Å². The Morgan fingerprint density at radius 1 is 1.03 bits per heavy atom. The highest BCUT2D eigenvalue weighted by Crippen LogP contribution is 2.34. The van der Waals surface area contributed by atoms with E-state index in [0.717, 1.165) is 21.3 Å². The van der Waals surface area contributed by atoms with Crippen LogP contribution in [0.1, 0.15) is 12.5 Å². The van der Waals surface area contributed by atoms with Gasteiger partial charge >= 0.3 is 0 Å². The number of sulfonamides is 1. The minimum Gasteiger partial charge on any atom is -0.338 e. The van der Waals surface area contributed by atoms with E-state index in [1.165, 1.54) is 29.2 Å². The van der Waals surface area contributed by atoms with Crippen molar-refractivity contribution < 1.29 is 26.8 Å². The van der Waals surface area contributed by atoms with Crippen LogP contribution in [-0.4, -0.2) is 72.2 Å². The monoisotopic (exact) mass is 546 g/mol. The number of benzene rings is 2. The Kier molecular flexibility index (Phi) is 7.09. The predicted molar refractivity (Wildman–Crippen MR) is 125 cm³/mol. The molecule has 2 aliphatic rings. The van der Waals surface area contributed by atoms with Gasteiger partial charge in [0.05, 0.1) is 17.6 Å². The number of likely N-dealkylation sites (N-methyl/N-ethyl adjacent to an activating group) is 1. The Bertz CT molecular complexity index is 1300. The highest BCUT2D eigenvalue weighted by atomic mass is 35.5.